The first-order valence-electron chi connectivity index (χ1n) is 5.63. The number of rotatable bonds is 2. The minimum absolute atomic E-state index is 0.240. The Morgan fingerprint density at radius 1 is 1.47 bits per heavy atom. The maximum atomic E-state index is 9.45. The van der Waals surface area contributed by atoms with Crippen LogP contribution in [0, 0.1) is 0 Å². The minimum atomic E-state index is -0.240. The van der Waals surface area contributed by atoms with Crippen LogP contribution >= 0.6 is 0 Å². The van der Waals surface area contributed by atoms with Crippen molar-refractivity contribution in [3.05, 3.63) is 34.9 Å². The molecule has 1 unspecified atom stereocenters. The Morgan fingerprint density at radius 2 is 2.27 bits per heavy atom. The van der Waals surface area contributed by atoms with Gasteiger partial charge >= 0.3 is 0 Å². The molecule has 0 bridgehead atoms. The van der Waals surface area contributed by atoms with Crippen molar-refractivity contribution in [1.29, 1.82) is 0 Å². The third-order valence-corrected chi connectivity index (χ3v) is 3.07. The molecule has 0 aliphatic carbocycles. The van der Waals surface area contributed by atoms with Crippen LogP contribution in [0.25, 0.3) is 0 Å². The molecule has 1 aromatic carbocycles. The van der Waals surface area contributed by atoms with Crippen molar-refractivity contribution < 1.29 is 5.11 Å². The molecule has 0 radical (unpaired) electrons. The van der Waals surface area contributed by atoms with Crippen LogP contribution in [0.2, 0.25) is 0 Å². The van der Waals surface area contributed by atoms with E-state index in [2.05, 4.69) is 30.1 Å². The fraction of sp³-hybridized carbons (Fsp3) is 0.538. The van der Waals surface area contributed by atoms with Gasteiger partial charge in [-0.15, -0.1) is 0 Å². The van der Waals surface area contributed by atoms with Crippen molar-refractivity contribution in [2.45, 2.75) is 32.4 Å². The SMILES string of the molecule is CC(O)Cc1cccc2c1CCN(C)C2. The summed E-state index contributed by atoms with van der Waals surface area (Å²) in [5, 5.41) is 9.45. The highest BCUT2D eigenvalue weighted by Crippen LogP contribution is 2.22. The number of fused-ring (bicyclic) bond motifs is 1. The van der Waals surface area contributed by atoms with Gasteiger partial charge in [-0.3, -0.25) is 0 Å². The average molecular weight is 205 g/mol. The van der Waals surface area contributed by atoms with Crippen LogP contribution in [0.1, 0.15) is 23.6 Å². The third kappa shape index (κ3) is 2.39. The number of hydrogen-bond acceptors (Lipinski definition) is 2. The zero-order chi connectivity index (χ0) is 10.8. The maximum Gasteiger partial charge on any atom is 0.0552 e. The summed E-state index contributed by atoms with van der Waals surface area (Å²) in [5.41, 5.74) is 4.23. The fourth-order valence-electron chi connectivity index (χ4n) is 2.34. The first-order chi connectivity index (χ1) is 7.16. The normalized spacial score (nSPS) is 18.6. The molecule has 1 N–H and O–H groups in total. The Labute approximate surface area is 91.5 Å². The van der Waals surface area contributed by atoms with Gasteiger partial charge in [0.15, 0.2) is 0 Å². The molecule has 1 heterocycles. The first-order valence-corrected chi connectivity index (χ1v) is 5.63. The van der Waals surface area contributed by atoms with Crippen LogP contribution in [0.4, 0.5) is 0 Å². The smallest absolute Gasteiger partial charge is 0.0552 e. The van der Waals surface area contributed by atoms with Gasteiger partial charge in [0.1, 0.15) is 0 Å². The zero-order valence-electron chi connectivity index (χ0n) is 9.53. The minimum Gasteiger partial charge on any atom is -0.393 e. The lowest BCUT2D eigenvalue weighted by atomic mass is 9.92. The largest absolute Gasteiger partial charge is 0.393 e. The molecule has 15 heavy (non-hydrogen) atoms. The van der Waals surface area contributed by atoms with Crippen LogP contribution in [-0.4, -0.2) is 29.7 Å². The highest BCUT2D eigenvalue weighted by molar-refractivity contribution is 5.37. The highest BCUT2D eigenvalue weighted by Gasteiger charge is 2.16. The van der Waals surface area contributed by atoms with E-state index in [1.165, 1.54) is 16.7 Å². The van der Waals surface area contributed by atoms with Crippen LogP contribution < -0.4 is 0 Å². The molecule has 0 spiro atoms. The Morgan fingerprint density at radius 3 is 3.00 bits per heavy atom. The van der Waals surface area contributed by atoms with E-state index in [0.717, 1.165) is 25.9 Å². The molecular formula is C13H19NO. The van der Waals surface area contributed by atoms with E-state index in [1.807, 2.05) is 6.92 Å². The molecule has 0 amide bonds. The summed E-state index contributed by atoms with van der Waals surface area (Å²) >= 11 is 0. The second-order valence-electron chi connectivity index (χ2n) is 4.60. The van der Waals surface area contributed by atoms with E-state index in [1.54, 1.807) is 0 Å². The zero-order valence-corrected chi connectivity index (χ0v) is 9.53. The summed E-state index contributed by atoms with van der Waals surface area (Å²) in [7, 11) is 2.16. The Bertz CT molecular complexity index is 346. The van der Waals surface area contributed by atoms with Crippen LogP contribution in [-0.2, 0) is 19.4 Å². The van der Waals surface area contributed by atoms with Crippen molar-refractivity contribution in [3.8, 4) is 0 Å². The molecule has 1 aliphatic rings. The van der Waals surface area contributed by atoms with Gasteiger partial charge in [0, 0.05) is 13.1 Å². The number of benzene rings is 1. The van der Waals surface area contributed by atoms with E-state index in [9.17, 15) is 5.11 Å². The van der Waals surface area contributed by atoms with Crippen molar-refractivity contribution in [2.24, 2.45) is 0 Å². The van der Waals surface area contributed by atoms with E-state index in [-0.39, 0.29) is 6.10 Å². The monoisotopic (exact) mass is 205 g/mol. The van der Waals surface area contributed by atoms with Gasteiger partial charge in [0.2, 0.25) is 0 Å². The van der Waals surface area contributed by atoms with E-state index in [0.29, 0.717) is 0 Å². The van der Waals surface area contributed by atoms with Gasteiger partial charge in [-0.05, 0) is 43.5 Å². The number of likely N-dealkylation sites (N-methyl/N-ethyl adjacent to an activating group) is 1. The van der Waals surface area contributed by atoms with Crippen molar-refractivity contribution in [2.75, 3.05) is 13.6 Å². The van der Waals surface area contributed by atoms with Crippen molar-refractivity contribution in [3.63, 3.8) is 0 Å². The van der Waals surface area contributed by atoms with Gasteiger partial charge in [-0.25, -0.2) is 0 Å². The van der Waals surface area contributed by atoms with E-state index >= 15 is 0 Å². The summed E-state index contributed by atoms with van der Waals surface area (Å²) in [5.74, 6) is 0. The standard InChI is InChI=1S/C13H19NO/c1-10(15)8-11-4-3-5-12-9-14(2)7-6-13(11)12/h3-5,10,15H,6-9H2,1-2H3. The molecule has 0 aromatic heterocycles. The molecule has 82 valence electrons. The number of aliphatic hydroxyl groups is 1. The van der Waals surface area contributed by atoms with Crippen LogP contribution in [0.15, 0.2) is 18.2 Å². The average Bonchev–Trinajstić information content (AvgIpc) is 2.16. The van der Waals surface area contributed by atoms with Crippen LogP contribution in [0.5, 0.6) is 0 Å². The Balaban J connectivity index is 2.29. The summed E-state index contributed by atoms with van der Waals surface area (Å²) in [4.78, 5) is 2.34. The van der Waals surface area contributed by atoms with E-state index in [4.69, 9.17) is 0 Å². The molecule has 1 aromatic rings. The molecule has 2 nitrogen and oxygen atoms in total. The third-order valence-electron chi connectivity index (χ3n) is 3.07. The number of aliphatic hydroxyl groups excluding tert-OH is 1. The fourth-order valence-corrected chi connectivity index (χ4v) is 2.34. The van der Waals surface area contributed by atoms with Gasteiger partial charge in [0.25, 0.3) is 0 Å². The first kappa shape index (κ1) is 10.7. The second-order valence-corrected chi connectivity index (χ2v) is 4.60. The quantitative estimate of drug-likeness (QED) is 0.792. The summed E-state index contributed by atoms with van der Waals surface area (Å²) in [6.45, 7) is 4.03. The number of nitrogens with zero attached hydrogens (tertiary/aromatic N) is 1. The molecular weight excluding hydrogens is 186 g/mol. The van der Waals surface area contributed by atoms with Crippen LogP contribution in [0.3, 0.4) is 0 Å². The van der Waals surface area contributed by atoms with Gasteiger partial charge in [-0.1, -0.05) is 18.2 Å². The van der Waals surface area contributed by atoms with Gasteiger partial charge in [-0.2, -0.15) is 0 Å². The van der Waals surface area contributed by atoms with Crippen molar-refractivity contribution >= 4 is 0 Å². The molecule has 0 saturated carbocycles. The molecule has 0 fully saturated rings. The molecule has 2 heteroatoms. The summed E-state index contributed by atoms with van der Waals surface area (Å²) < 4.78 is 0. The second kappa shape index (κ2) is 4.33. The number of hydrogen-bond donors (Lipinski definition) is 1. The van der Waals surface area contributed by atoms with Gasteiger partial charge in [0.05, 0.1) is 6.10 Å². The molecule has 0 saturated heterocycles. The Kier molecular flexibility index (Phi) is 3.08. The summed E-state index contributed by atoms with van der Waals surface area (Å²) in [6.07, 6.45) is 1.66. The lowest BCUT2D eigenvalue weighted by Crippen LogP contribution is -2.27. The van der Waals surface area contributed by atoms with Gasteiger partial charge < -0.3 is 10.0 Å². The lowest BCUT2D eigenvalue weighted by Gasteiger charge is -2.27. The lowest BCUT2D eigenvalue weighted by molar-refractivity contribution is 0.195. The Hall–Kier alpha value is -0.860. The molecule has 1 aliphatic heterocycles. The predicted molar refractivity (Wildman–Crippen MR) is 61.9 cm³/mol. The maximum absolute atomic E-state index is 9.45. The summed E-state index contributed by atoms with van der Waals surface area (Å²) in [6, 6.07) is 6.46. The van der Waals surface area contributed by atoms with Crippen molar-refractivity contribution in [1.82, 2.24) is 4.90 Å². The topological polar surface area (TPSA) is 23.5 Å². The predicted octanol–water partition coefficient (Wildman–Crippen LogP) is 1.60. The highest BCUT2D eigenvalue weighted by atomic mass is 16.3. The molecule has 1 atom stereocenters. The van der Waals surface area contributed by atoms with E-state index < -0.39 is 0 Å². The molecule has 2 rings (SSSR count).